The molecule has 0 aliphatic heterocycles. The Morgan fingerprint density at radius 3 is 2.67 bits per heavy atom. The second-order valence-corrected chi connectivity index (χ2v) is 4.43. The minimum atomic E-state index is 0.141. The molecule has 0 saturated carbocycles. The smallest absolute Gasteiger partial charge is 0.217 e. The van der Waals surface area contributed by atoms with Crippen molar-refractivity contribution in [3.63, 3.8) is 0 Å². The molecule has 2 rings (SSSR count). The first kappa shape index (κ1) is 8.51. The number of hydrogen-bond donors (Lipinski definition) is 0. The van der Waals surface area contributed by atoms with E-state index in [4.69, 9.17) is 34.8 Å². The number of thiophene rings is 1. The highest BCUT2D eigenvalue weighted by Gasteiger charge is 2.07. The van der Waals surface area contributed by atoms with E-state index in [0.29, 0.717) is 15.0 Å². The number of hydrogen-bond acceptors (Lipinski definition) is 3. The topological polar surface area (TPSA) is 25.8 Å². The van der Waals surface area contributed by atoms with Crippen molar-refractivity contribution in [3.05, 3.63) is 20.8 Å². The van der Waals surface area contributed by atoms with Crippen LogP contribution in [-0.2, 0) is 0 Å². The maximum atomic E-state index is 5.79. The van der Waals surface area contributed by atoms with Gasteiger partial charge in [0.25, 0.3) is 0 Å². The summed E-state index contributed by atoms with van der Waals surface area (Å²) >= 11 is 18.5. The Kier molecular flexibility index (Phi) is 2.12. The van der Waals surface area contributed by atoms with Crippen molar-refractivity contribution < 1.29 is 0 Å². The Morgan fingerprint density at radius 1 is 1.17 bits per heavy atom. The van der Waals surface area contributed by atoms with Gasteiger partial charge in [-0.25, -0.2) is 9.97 Å². The molecule has 0 fully saturated rings. The van der Waals surface area contributed by atoms with Crippen molar-refractivity contribution in [1.82, 2.24) is 9.97 Å². The van der Waals surface area contributed by atoms with Crippen molar-refractivity contribution in [1.29, 1.82) is 0 Å². The van der Waals surface area contributed by atoms with Gasteiger partial charge in [0.05, 0.1) is 14.6 Å². The fourth-order valence-electron chi connectivity index (χ4n) is 0.839. The van der Waals surface area contributed by atoms with Gasteiger partial charge in [0.2, 0.25) is 5.28 Å². The van der Waals surface area contributed by atoms with Gasteiger partial charge in [-0.1, -0.05) is 23.2 Å². The average molecular weight is 240 g/mol. The highest BCUT2D eigenvalue weighted by Crippen LogP contribution is 2.32. The molecule has 0 bridgehead atoms. The molecule has 12 heavy (non-hydrogen) atoms. The number of aromatic nitrogens is 2. The lowest BCUT2D eigenvalue weighted by molar-refractivity contribution is 1.23. The maximum absolute atomic E-state index is 5.79. The van der Waals surface area contributed by atoms with Crippen molar-refractivity contribution in [2.45, 2.75) is 0 Å². The van der Waals surface area contributed by atoms with E-state index in [2.05, 4.69) is 9.97 Å². The zero-order valence-electron chi connectivity index (χ0n) is 5.51. The summed E-state index contributed by atoms with van der Waals surface area (Å²) in [5.41, 5.74) is 0.690. The third kappa shape index (κ3) is 1.38. The summed E-state index contributed by atoms with van der Waals surface area (Å²) in [7, 11) is 0. The first-order chi connectivity index (χ1) is 5.66. The summed E-state index contributed by atoms with van der Waals surface area (Å²) in [5.74, 6) is 0. The van der Waals surface area contributed by atoms with E-state index >= 15 is 0 Å². The summed E-state index contributed by atoms with van der Waals surface area (Å²) in [4.78, 5) is 7.74. The molecule has 0 atom stereocenters. The molecule has 0 amide bonds. The summed E-state index contributed by atoms with van der Waals surface area (Å²) < 4.78 is 1.40. The first-order valence-corrected chi connectivity index (χ1v) is 4.90. The predicted molar refractivity (Wildman–Crippen MR) is 52.4 cm³/mol. The molecule has 2 aromatic heterocycles. The van der Waals surface area contributed by atoms with Crippen LogP contribution in [0.2, 0.25) is 14.8 Å². The number of halogens is 3. The van der Waals surface area contributed by atoms with E-state index in [9.17, 15) is 0 Å². The molecule has 0 aliphatic rings. The SMILES string of the molecule is Clc1nc(Cl)c2sc(Cl)cc2n1. The molecule has 0 radical (unpaired) electrons. The molecule has 0 N–H and O–H groups in total. The lowest BCUT2D eigenvalue weighted by Crippen LogP contribution is -1.81. The Balaban J connectivity index is 2.88. The van der Waals surface area contributed by atoms with Crippen molar-refractivity contribution >= 4 is 56.4 Å². The Labute approximate surface area is 87.1 Å². The average Bonchev–Trinajstić information content (AvgIpc) is 2.29. The summed E-state index contributed by atoms with van der Waals surface area (Å²) in [6.45, 7) is 0. The van der Waals surface area contributed by atoms with Gasteiger partial charge in [0.15, 0.2) is 5.15 Å². The minimum Gasteiger partial charge on any atom is -0.217 e. The highest BCUT2D eigenvalue weighted by molar-refractivity contribution is 7.23. The molecule has 0 aliphatic carbocycles. The van der Waals surface area contributed by atoms with E-state index in [1.54, 1.807) is 6.07 Å². The van der Waals surface area contributed by atoms with Crippen molar-refractivity contribution in [3.8, 4) is 0 Å². The normalized spacial score (nSPS) is 10.9. The second kappa shape index (κ2) is 3.00. The number of rotatable bonds is 0. The Bertz CT molecular complexity index is 440. The van der Waals surface area contributed by atoms with Gasteiger partial charge >= 0.3 is 0 Å². The molecule has 2 heterocycles. The molecule has 0 saturated heterocycles. The van der Waals surface area contributed by atoms with E-state index in [0.717, 1.165) is 4.70 Å². The van der Waals surface area contributed by atoms with Crippen LogP contribution in [0.4, 0.5) is 0 Å². The zero-order valence-corrected chi connectivity index (χ0v) is 8.60. The summed E-state index contributed by atoms with van der Waals surface area (Å²) in [5, 5.41) is 0.490. The lowest BCUT2D eigenvalue weighted by Gasteiger charge is -1.91. The molecule has 0 unspecified atom stereocenters. The monoisotopic (exact) mass is 238 g/mol. The predicted octanol–water partition coefficient (Wildman–Crippen LogP) is 3.65. The third-order valence-corrected chi connectivity index (χ3v) is 3.09. The van der Waals surface area contributed by atoms with Crippen LogP contribution in [0, 0.1) is 0 Å². The van der Waals surface area contributed by atoms with Gasteiger partial charge in [0, 0.05) is 0 Å². The Morgan fingerprint density at radius 2 is 1.92 bits per heavy atom. The fourth-order valence-corrected chi connectivity index (χ4v) is 2.39. The van der Waals surface area contributed by atoms with E-state index in [1.807, 2.05) is 0 Å². The number of fused-ring (bicyclic) bond motifs is 1. The van der Waals surface area contributed by atoms with Crippen LogP contribution < -0.4 is 0 Å². The first-order valence-electron chi connectivity index (χ1n) is 2.95. The second-order valence-electron chi connectivity index (χ2n) is 2.05. The molecule has 0 spiro atoms. The standard InChI is InChI=1S/C6HCl3N2S/c7-3-1-2-4(12-3)5(8)11-6(9)10-2/h1H. The van der Waals surface area contributed by atoms with E-state index < -0.39 is 0 Å². The van der Waals surface area contributed by atoms with Gasteiger partial charge < -0.3 is 0 Å². The largest absolute Gasteiger partial charge is 0.224 e. The van der Waals surface area contributed by atoms with Gasteiger partial charge in [-0.3, -0.25) is 0 Å². The van der Waals surface area contributed by atoms with Crippen molar-refractivity contribution in [2.24, 2.45) is 0 Å². The quantitative estimate of drug-likeness (QED) is 0.518. The minimum absolute atomic E-state index is 0.141. The molecule has 0 aromatic carbocycles. The molecule has 2 nitrogen and oxygen atoms in total. The fraction of sp³-hybridized carbons (Fsp3) is 0. The van der Waals surface area contributed by atoms with Crippen LogP contribution in [-0.4, -0.2) is 9.97 Å². The zero-order chi connectivity index (χ0) is 8.72. The lowest BCUT2D eigenvalue weighted by atomic mass is 10.5. The molecule has 62 valence electrons. The molecular formula is C6HCl3N2S. The van der Waals surface area contributed by atoms with Crippen molar-refractivity contribution in [2.75, 3.05) is 0 Å². The van der Waals surface area contributed by atoms with Crippen LogP contribution in [0.1, 0.15) is 0 Å². The van der Waals surface area contributed by atoms with E-state index in [1.165, 1.54) is 11.3 Å². The van der Waals surface area contributed by atoms with Gasteiger partial charge in [0.1, 0.15) is 0 Å². The van der Waals surface area contributed by atoms with Crippen LogP contribution in [0.5, 0.6) is 0 Å². The van der Waals surface area contributed by atoms with Crippen LogP contribution in [0.3, 0.4) is 0 Å². The summed E-state index contributed by atoms with van der Waals surface area (Å²) in [6, 6.07) is 1.71. The molecule has 2 aromatic rings. The summed E-state index contributed by atoms with van der Waals surface area (Å²) in [6.07, 6.45) is 0. The van der Waals surface area contributed by atoms with Gasteiger partial charge in [-0.05, 0) is 17.7 Å². The van der Waals surface area contributed by atoms with Crippen LogP contribution >= 0.6 is 46.1 Å². The van der Waals surface area contributed by atoms with E-state index in [-0.39, 0.29) is 5.28 Å². The third-order valence-electron chi connectivity index (χ3n) is 1.27. The van der Waals surface area contributed by atoms with Gasteiger partial charge in [-0.2, -0.15) is 0 Å². The van der Waals surface area contributed by atoms with Gasteiger partial charge in [-0.15, -0.1) is 11.3 Å². The number of nitrogens with zero attached hydrogens (tertiary/aromatic N) is 2. The maximum Gasteiger partial charge on any atom is 0.224 e. The van der Waals surface area contributed by atoms with Crippen LogP contribution in [0.15, 0.2) is 6.07 Å². The highest BCUT2D eigenvalue weighted by atomic mass is 35.5. The molecule has 6 heteroatoms. The molecular weight excluding hydrogens is 239 g/mol. The Hall–Kier alpha value is -0.0900. The van der Waals surface area contributed by atoms with Crippen LogP contribution in [0.25, 0.3) is 10.2 Å².